The smallest absolute Gasteiger partial charge is 0.310 e. The SMILES string of the molecule is CCOC(=O)[C@@H]1CCCN(CC(=O)NCc2ccc(OC)c(OC)c2)C1. The van der Waals surface area contributed by atoms with Crippen LogP contribution in [0, 0.1) is 5.92 Å². The number of ether oxygens (including phenoxy) is 3. The minimum absolute atomic E-state index is 0.0655. The van der Waals surface area contributed by atoms with E-state index in [4.69, 9.17) is 14.2 Å². The summed E-state index contributed by atoms with van der Waals surface area (Å²) in [5, 5.41) is 2.91. The van der Waals surface area contributed by atoms with Crippen LogP contribution < -0.4 is 14.8 Å². The maximum Gasteiger partial charge on any atom is 0.310 e. The van der Waals surface area contributed by atoms with Crippen LogP contribution in [0.2, 0.25) is 0 Å². The largest absolute Gasteiger partial charge is 0.493 e. The zero-order chi connectivity index (χ0) is 18.9. The Labute approximate surface area is 154 Å². The van der Waals surface area contributed by atoms with Gasteiger partial charge in [0, 0.05) is 13.1 Å². The van der Waals surface area contributed by atoms with Gasteiger partial charge in [-0.3, -0.25) is 14.5 Å². The second kappa shape index (κ2) is 10.0. The number of likely N-dealkylation sites (tertiary alicyclic amines) is 1. The van der Waals surface area contributed by atoms with Gasteiger partial charge in [-0.25, -0.2) is 0 Å². The summed E-state index contributed by atoms with van der Waals surface area (Å²) in [5.41, 5.74) is 0.930. The summed E-state index contributed by atoms with van der Waals surface area (Å²) in [6.07, 6.45) is 1.72. The fraction of sp³-hybridized carbons (Fsp3) is 0.579. The van der Waals surface area contributed by atoms with E-state index in [1.54, 1.807) is 21.1 Å². The maximum atomic E-state index is 12.2. The lowest BCUT2D eigenvalue weighted by Gasteiger charge is -2.30. The minimum atomic E-state index is -0.164. The lowest BCUT2D eigenvalue weighted by Crippen LogP contribution is -2.44. The minimum Gasteiger partial charge on any atom is -0.493 e. The molecule has 7 nitrogen and oxygen atoms in total. The van der Waals surface area contributed by atoms with Gasteiger partial charge in [0.25, 0.3) is 0 Å². The number of piperidine rings is 1. The second-order valence-electron chi connectivity index (χ2n) is 6.29. The predicted octanol–water partition coefficient (Wildman–Crippen LogP) is 1.60. The third-order valence-electron chi connectivity index (χ3n) is 4.43. The fourth-order valence-electron chi connectivity index (χ4n) is 3.10. The Morgan fingerprint density at radius 2 is 2.00 bits per heavy atom. The molecule has 0 aliphatic carbocycles. The molecule has 1 fully saturated rings. The topological polar surface area (TPSA) is 77.1 Å². The zero-order valence-corrected chi connectivity index (χ0v) is 15.7. The Hall–Kier alpha value is -2.28. The Kier molecular flexibility index (Phi) is 7.72. The molecule has 1 heterocycles. The van der Waals surface area contributed by atoms with Gasteiger partial charge in [-0.2, -0.15) is 0 Å². The van der Waals surface area contributed by atoms with E-state index in [1.165, 1.54) is 0 Å². The number of nitrogens with zero attached hydrogens (tertiary/aromatic N) is 1. The molecule has 26 heavy (non-hydrogen) atoms. The van der Waals surface area contributed by atoms with Gasteiger partial charge in [-0.05, 0) is 44.0 Å². The monoisotopic (exact) mass is 364 g/mol. The Balaban J connectivity index is 1.82. The number of nitrogens with one attached hydrogen (secondary N) is 1. The molecule has 1 amide bonds. The van der Waals surface area contributed by atoms with E-state index in [1.807, 2.05) is 23.1 Å². The maximum absolute atomic E-state index is 12.2. The number of esters is 1. The number of hydrogen-bond acceptors (Lipinski definition) is 6. The molecular formula is C19H28N2O5. The molecule has 1 N–H and O–H groups in total. The van der Waals surface area contributed by atoms with E-state index in [2.05, 4.69) is 5.32 Å². The van der Waals surface area contributed by atoms with Gasteiger partial charge in [0.15, 0.2) is 11.5 Å². The lowest BCUT2D eigenvalue weighted by atomic mass is 9.98. The third-order valence-corrected chi connectivity index (χ3v) is 4.43. The summed E-state index contributed by atoms with van der Waals surface area (Å²) >= 11 is 0. The van der Waals surface area contributed by atoms with Crippen molar-refractivity contribution in [1.29, 1.82) is 0 Å². The first-order chi connectivity index (χ1) is 12.6. The highest BCUT2D eigenvalue weighted by molar-refractivity contribution is 5.78. The number of benzene rings is 1. The highest BCUT2D eigenvalue weighted by Gasteiger charge is 2.27. The van der Waals surface area contributed by atoms with Gasteiger partial charge in [0.05, 0.1) is 33.3 Å². The average molecular weight is 364 g/mol. The van der Waals surface area contributed by atoms with Crippen molar-refractivity contribution in [3.8, 4) is 11.5 Å². The first-order valence-corrected chi connectivity index (χ1v) is 8.94. The van der Waals surface area contributed by atoms with E-state index in [0.29, 0.717) is 31.2 Å². The van der Waals surface area contributed by atoms with Crippen molar-refractivity contribution in [3.63, 3.8) is 0 Å². The van der Waals surface area contributed by atoms with Crippen LogP contribution in [-0.4, -0.2) is 57.2 Å². The first kappa shape index (κ1) is 20.0. The van der Waals surface area contributed by atoms with E-state index >= 15 is 0 Å². The number of carbonyl (C=O) groups excluding carboxylic acids is 2. The Morgan fingerprint density at radius 1 is 1.23 bits per heavy atom. The predicted molar refractivity (Wildman–Crippen MR) is 97.2 cm³/mol. The van der Waals surface area contributed by atoms with E-state index < -0.39 is 0 Å². The van der Waals surface area contributed by atoms with Crippen LogP contribution in [0.5, 0.6) is 11.5 Å². The second-order valence-corrected chi connectivity index (χ2v) is 6.29. The highest BCUT2D eigenvalue weighted by atomic mass is 16.5. The number of methoxy groups -OCH3 is 2. The summed E-state index contributed by atoms with van der Waals surface area (Å²) in [5.74, 6) is 0.919. The quantitative estimate of drug-likeness (QED) is 0.706. The van der Waals surface area contributed by atoms with E-state index in [-0.39, 0.29) is 24.3 Å². The molecule has 0 saturated carbocycles. The molecular weight excluding hydrogens is 336 g/mol. The summed E-state index contributed by atoms with van der Waals surface area (Å²) in [4.78, 5) is 26.1. The van der Waals surface area contributed by atoms with E-state index in [0.717, 1.165) is 24.9 Å². The third kappa shape index (κ3) is 5.62. The molecule has 0 radical (unpaired) electrons. The standard InChI is InChI=1S/C19H28N2O5/c1-4-26-19(23)15-6-5-9-21(12-15)13-18(22)20-11-14-7-8-16(24-2)17(10-14)25-3/h7-8,10,15H,4-6,9,11-13H2,1-3H3,(H,20,22)/t15-/m1/s1. The summed E-state index contributed by atoms with van der Waals surface area (Å²) in [7, 11) is 3.16. The number of amides is 1. The zero-order valence-electron chi connectivity index (χ0n) is 15.7. The molecule has 7 heteroatoms. The number of hydrogen-bond donors (Lipinski definition) is 1. The van der Waals surface area contributed by atoms with Crippen LogP contribution in [0.4, 0.5) is 0 Å². The molecule has 0 bridgehead atoms. The normalized spacial score (nSPS) is 17.4. The molecule has 1 aliphatic heterocycles. The number of rotatable bonds is 8. The highest BCUT2D eigenvalue weighted by Crippen LogP contribution is 2.27. The summed E-state index contributed by atoms with van der Waals surface area (Å²) in [6.45, 7) is 4.28. The molecule has 144 valence electrons. The van der Waals surface area contributed by atoms with Gasteiger partial charge in [-0.15, -0.1) is 0 Å². The van der Waals surface area contributed by atoms with Gasteiger partial charge in [0.1, 0.15) is 0 Å². The van der Waals surface area contributed by atoms with Crippen molar-refractivity contribution < 1.29 is 23.8 Å². The van der Waals surface area contributed by atoms with Gasteiger partial charge in [0.2, 0.25) is 5.91 Å². The fourth-order valence-corrected chi connectivity index (χ4v) is 3.10. The molecule has 0 unspecified atom stereocenters. The molecule has 1 aromatic carbocycles. The van der Waals surface area contributed by atoms with Crippen LogP contribution in [-0.2, 0) is 20.9 Å². The average Bonchev–Trinajstić information content (AvgIpc) is 2.66. The van der Waals surface area contributed by atoms with Crippen LogP contribution in [0.1, 0.15) is 25.3 Å². The Morgan fingerprint density at radius 3 is 2.69 bits per heavy atom. The van der Waals surface area contributed by atoms with Crippen LogP contribution >= 0.6 is 0 Å². The summed E-state index contributed by atoms with van der Waals surface area (Å²) < 4.78 is 15.6. The first-order valence-electron chi connectivity index (χ1n) is 8.94. The van der Waals surface area contributed by atoms with E-state index in [9.17, 15) is 9.59 Å². The van der Waals surface area contributed by atoms with Crippen molar-refractivity contribution in [2.75, 3.05) is 40.5 Å². The Bertz CT molecular complexity index is 620. The molecule has 1 atom stereocenters. The molecule has 1 saturated heterocycles. The molecule has 2 rings (SSSR count). The van der Waals surface area contributed by atoms with Gasteiger partial charge >= 0.3 is 5.97 Å². The molecule has 0 aromatic heterocycles. The van der Waals surface area contributed by atoms with Crippen molar-refractivity contribution >= 4 is 11.9 Å². The van der Waals surface area contributed by atoms with Gasteiger partial charge < -0.3 is 19.5 Å². The van der Waals surface area contributed by atoms with Gasteiger partial charge in [-0.1, -0.05) is 6.07 Å². The van der Waals surface area contributed by atoms with Crippen LogP contribution in [0.25, 0.3) is 0 Å². The molecule has 0 spiro atoms. The number of carbonyl (C=O) groups is 2. The van der Waals surface area contributed by atoms with Crippen LogP contribution in [0.15, 0.2) is 18.2 Å². The molecule has 1 aliphatic rings. The van der Waals surface area contributed by atoms with Crippen LogP contribution in [0.3, 0.4) is 0 Å². The molecule has 1 aromatic rings. The lowest BCUT2D eigenvalue weighted by molar-refractivity contribution is -0.150. The van der Waals surface area contributed by atoms with Crippen molar-refractivity contribution in [1.82, 2.24) is 10.2 Å². The van der Waals surface area contributed by atoms with Crippen molar-refractivity contribution in [3.05, 3.63) is 23.8 Å². The van der Waals surface area contributed by atoms with Crippen molar-refractivity contribution in [2.45, 2.75) is 26.3 Å². The van der Waals surface area contributed by atoms with Crippen molar-refractivity contribution in [2.24, 2.45) is 5.92 Å². The summed E-state index contributed by atoms with van der Waals surface area (Å²) in [6, 6.07) is 5.55.